The zero-order chi connectivity index (χ0) is 19.2. The maximum atomic E-state index is 12.7. The number of nitrogens with one attached hydrogen (secondary N) is 1. The van der Waals surface area contributed by atoms with E-state index in [9.17, 15) is 4.79 Å². The van der Waals surface area contributed by atoms with Crippen molar-refractivity contribution in [1.29, 1.82) is 0 Å². The van der Waals surface area contributed by atoms with Crippen LogP contribution in [-0.2, 0) is 26.1 Å². The van der Waals surface area contributed by atoms with Crippen LogP contribution in [0.25, 0.3) is 0 Å². The Bertz CT molecular complexity index is 875. The number of urea groups is 1. The van der Waals surface area contributed by atoms with Gasteiger partial charge in [-0.05, 0) is 30.9 Å². The summed E-state index contributed by atoms with van der Waals surface area (Å²) < 4.78 is 3.88. The van der Waals surface area contributed by atoms with Crippen molar-refractivity contribution in [2.75, 3.05) is 6.54 Å². The highest BCUT2D eigenvalue weighted by Gasteiger charge is 2.29. The molecular weight excluding hydrogens is 354 g/mol. The number of amides is 2. The number of aryl methyl sites for hydroxylation is 2. The number of carbonyl (C=O) groups is 1. The van der Waals surface area contributed by atoms with Crippen LogP contribution in [0.2, 0.25) is 0 Å². The summed E-state index contributed by atoms with van der Waals surface area (Å²) >= 11 is 0. The fourth-order valence-corrected chi connectivity index (χ4v) is 3.67. The standard InChI is InChI=1S/C20H25N7O/c28-20(27-12-4-8-18(27)15-26-11-5-10-23-26)21-14-19-24-22-16-25(19)13-9-17-6-2-1-3-7-17/h1-3,5-7,10-11,16,18H,4,8-9,12-15H2,(H,21,28)/t18-/m1/s1. The van der Waals surface area contributed by atoms with Gasteiger partial charge < -0.3 is 14.8 Å². The third-order valence-corrected chi connectivity index (χ3v) is 5.17. The van der Waals surface area contributed by atoms with Crippen molar-refractivity contribution in [2.45, 2.75) is 44.9 Å². The van der Waals surface area contributed by atoms with Gasteiger partial charge in [-0.1, -0.05) is 30.3 Å². The molecule has 3 aromatic rings. The molecule has 2 aromatic heterocycles. The topological polar surface area (TPSA) is 80.9 Å². The van der Waals surface area contributed by atoms with E-state index in [-0.39, 0.29) is 12.1 Å². The van der Waals surface area contributed by atoms with Crippen LogP contribution in [0.4, 0.5) is 4.79 Å². The maximum absolute atomic E-state index is 12.7. The third-order valence-electron chi connectivity index (χ3n) is 5.17. The van der Waals surface area contributed by atoms with E-state index in [1.54, 1.807) is 12.5 Å². The number of nitrogens with zero attached hydrogens (tertiary/aromatic N) is 6. The van der Waals surface area contributed by atoms with Crippen molar-refractivity contribution >= 4 is 6.03 Å². The van der Waals surface area contributed by atoms with Crippen LogP contribution in [0.1, 0.15) is 24.2 Å². The Hall–Kier alpha value is -3.16. The lowest BCUT2D eigenvalue weighted by molar-refractivity contribution is 0.185. The van der Waals surface area contributed by atoms with E-state index in [0.717, 1.165) is 44.7 Å². The monoisotopic (exact) mass is 379 g/mol. The number of rotatable bonds is 7. The van der Waals surface area contributed by atoms with E-state index in [1.165, 1.54) is 5.56 Å². The van der Waals surface area contributed by atoms with Crippen molar-refractivity contribution in [1.82, 2.24) is 34.8 Å². The van der Waals surface area contributed by atoms with Crippen LogP contribution >= 0.6 is 0 Å². The zero-order valence-electron chi connectivity index (χ0n) is 15.8. The van der Waals surface area contributed by atoms with Gasteiger partial charge in [0.2, 0.25) is 0 Å². The molecule has 1 atom stereocenters. The van der Waals surface area contributed by atoms with E-state index >= 15 is 0 Å². The first-order chi connectivity index (χ1) is 13.8. The minimum atomic E-state index is -0.0488. The highest BCUT2D eigenvalue weighted by atomic mass is 16.2. The largest absolute Gasteiger partial charge is 0.331 e. The predicted molar refractivity (Wildman–Crippen MR) is 104 cm³/mol. The van der Waals surface area contributed by atoms with Crippen LogP contribution in [0.15, 0.2) is 55.1 Å². The molecule has 0 bridgehead atoms. The van der Waals surface area contributed by atoms with Gasteiger partial charge in [-0.2, -0.15) is 5.10 Å². The lowest BCUT2D eigenvalue weighted by Gasteiger charge is -2.25. The van der Waals surface area contributed by atoms with Crippen molar-refractivity contribution in [3.05, 3.63) is 66.5 Å². The van der Waals surface area contributed by atoms with Crippen molar-refractivity contribution in [3.8, 4) is 0 Å². The summed E-state index contributed by atoms with van der Waals surface area (Å²) in [6, 6.07) is 12.3. The Morgan fingerprint density at radius 1 is 1.21 bits per heavy atom. The Balaban J connectivity index is 1.30. The Labute approximate surface area is 164 Å². The van der Waals surface area contributed by atoms with Crippen molar-refractivity contribution in [3.63, 3.8) is 0 Å². The molecule has 0 radical (unpaired) electrons. The molecule has 0 unspecified atom stereocenters. The fraction of sp³-hybridized carbons (Fsp3) is 0.400. The molecule has 0 aliphatic carbocycles. The number of hydrogen-bond donors (Lipinski definition) is 1. The number of hydrogen-bond acceptors (Lipinski definition) is 4. The predicted octanol–water partition coefficient (Wildman–Crippen LogP) is 2.09. The molecule has 8 nitrogen and oxygen atoms in total. The van der Waals surface area contributed by atoms with Gasteiger partial charge in [0.05, 0.1) is 19.1 Å². The van der Waals surface area contributed by atoms with E-state index in [2.05, 4.69) is 32.7 Å². The first-order valence-electron chi connectivity index (χ1n) is 9.72. The van der Waals surface area contributed by atoms with Crippen molar-refractivity contribution < 1.29 is 4.79 Å². The van der Waals surface area contributed by atoms with Gasteiger partial charge in [0.15, 0.2) is 5.82 Å². The molecule has 0 saturated carbocycles. The van der Waals surface area contributed by atoms with Gasteiger partial charge in [-0.25, -0.2) is 4.79 Å². The molecule has 3 heterocycles. The van der Waals surface area contributed by atoms with Crippen LogP contribution in [0, 0.1) is 0 Å². The minimum Gasteiger partial charge on any atom is -0.331 e. The highest BCUT2D eigenvalue weighted by Crippen LogP contribution is 2.18. The molecule has 1 fully saturated rings. The molecule has 8 heteroatoms. The quantitative estimate of drug-likeness (QED) is 0.682. The molecule has 1 aromatic carbocycles. The molecule has 0 spiro atoms. The molecule has 146 valence electrons. The van der Waals surface area contributed by atoms with Gasteiger partial charge in [0.25, 0.3) is 0 Å². The molecule has 2 amide bonds. The number of aromatic nitrogens is 5. The Morgan fingerprint density at radius 3 is 2.93 bits per heavy atom. The summed E-state index contributed by atoms with van der Waals surface area (Å²) in [7, 11) is 0. The average molecular weight is 379 g/mol. The SMILES string of the molecule is O=C(NCc1nncn1CCc1ccccc1)N1CCC[C@@H]1Cn1cccn1. The van der Waals surface area contributed by atoms with Crippen molar-refractivity contribution in [2.24, 2.45) is 0 Å². The smallest absolute Gasteiger partial charge is 0.318 e. The Morgan fingerprint density at radius 2 is 2.11 bits per heavy atom. The normalized spacial score (nSPS) is 16.4. The summed E-state index contributed by atoms with van der Waals surface area (Å²) in [6.07, 6.45) is 8.34. The second kappa shape index (κ2) is 8.69. The van der Waals surface area contributed by atoms with E-state index in [0.29, 0.717) is 6.54 Å². The first-order valence-corrected chi connectivity index (χ1v) is 9.72. The van der Waals surface area contributed by atoms with E-state index < -0.39 is 0 Å². The number of carbonyl (C=O) groups excluding carboxylic acids is 1. The summed E-state index contributed by atoms with van der Waals surface area (Å²) in [5.74, 6) is 0.770. The van der Waals surface area contributed by atoms with Gasteiger partial charge >= 0.3 is 6.03 Å². The summed E-state index contributed by atoms with van der Waals surface area (Å²) in [6.45, 7) is 2.67. The number of likely N-dealkylation sites (tertiary alicyclic amines) is 1. The highest BCUT2D eigenvalue weighted by molar-refractivity contribution is 5.74. The summed E-state index contributed by atoms with van der Waals surface area (Å²) in [5.41, 5.74) is 1.27. The molecule has 1 aliphatic rings. The fourth-order valence-electron chi connectivity index (χ4n) is 3.67. The molecule has 1 saturated heterocycles. The number of benzene rings is 1. The van der Waals surface area contributed by atoms with Crippen LogP contribution in [0.5, 0.6) is 0 Å². The summed E-state index contributed by atoms with van der Waals surface area (Å²) in [5, 5.41) is 15.4. The van der Waals surface area contributed by atoms with Gasteiger partial charge in [-0.15, -0.1) is 10.2 Å². The minimum absolute atomic E-state index is 0.0488. The molecule has 4 rings (SSSR count). The average Bonchev–Trinajstić information content (AvgIpc) is 3.48. The Kier molecular flexibility index (Phi) is 5.65. The lowest BCUT2D eigenvalue weighted by atomic mass is 10.1. The van der Waals surface area contributed by atoms with Crippen LogP contribution < -0.4 is 5.32 Å². The van der Waals surface area contributed by atoms with E-state index in [4.69, 9.17) is 0 Å². The zero-order valence-corrected chi connectivity index (χ0v) is 15.8. The molecule has 1 N–H and O–H groups in total. The van der Waals surface area contributed by atoms with E-state index in [1.807, 2.05) is 44.6 Å². The first kappa shape index (κ1) is 18.2. The summed E-state index contributed by atoms with van der Waals surface area (Å²) in [4.78, 5) is 14.6. The second-order valence-electron chi connectivity index (χ2n) is 7.05. The van der Waals surface area contributed by atoms with Gasteiger partial charge in [0, 0.05) is 25.5 Å². The van der Waals surface area contributed by atoms with Gasteiger partial charge in [-0.3, -0.25) is 4.68 Å². The second-order valence-corrected chi connectivity index (χ2v) is 7.05. The molecule has 1 aliphatic heterocycles. The van der Waals surface area contributed by atoms with Crippen LogP contribution in [-0.4, -0.2) is 48.1 Å². The maximum Gasteiger partial charge on any atom is 0.318 e. The lowest BCUT2D eigenvalue weighted by Crippen LogP contribution is -2.44. The molecular formula is C20H25N7O. The van der Waals surface area contributed by atoms with Gasteiger partial charge in [0.1, 0.15) is 6.33 Å². The third kappa shape index (κ3) is 4.39. The van der Waals surface area contributed by atoms with Crippen LogP contribution in [0.3, 0.4) is 0 Å². The molecule has 28 heavy (non-hydrogen) atoms.